The number of H-pyrrole nitrogens is 1. The molecule has 1 aliphatic heterocycles. The maximum Gasteiger partial charge on any atom is 0.253 e. The molecule has 2 heterocycles. The van der Waals surface area contributed by atoms with Crippen molar-refractivity contribution in [1.82, 2.24) is 9.97 Å². The van der Waals surface area contributed by atoms with Crippen LogP contribution in [0.15, 0.2) is 9.98 Å². The van der Waals surface area contributed by atoms with Crippen LogP contribution in [0.1, 0.15) is 76.5 Å². The summed E-state index contributed by atoms with van der Waals surface area (Å²) in [5.41, 5.74) is 0.514. The Kier molecular flexibility index (Phi) is 5.27. The smallest absolute Gasteiger partial charge is 0.253 e. The molecule has 0 bridgehead atoms. The molecule has 1 aliphatic rings. The first-order chi connectivity index (χ1) is 10.5. The molecule has 0 aromatic carbocycles. The number of imidazole rings is 1. The van der Waals surface area contributed by atoms with E-state index >= 15 is 0 Å². The molecule has 1 N–H and O–H groups in total. The van der Waals surface area contributed by atoms with Crippen LogP contribution >= 0.6 is 0 Å². The molecule has 1 aromatic rings. The standard InChI is InChI=1S/C17H26N4O/c1-5-7-9-14-20-15(12(3)4)16(21-14)17(13(22)8-6-2)18-10-11-19-17/h10-12H,5-9H2,1-4H3,(H,20,21). The Labute approximate surface area is 132 Å². The summed E-state index contributed by atoms with van der Waals surface area (Å²) in [6.07, 6.45) is 7.55. The molecule has 0 amide bonds. The van der Waals surface area contributed by atoms with Crippen molar-refractivity contribution in [3.8, 4) is 0 Å². The number of carbonyl (C=O) groups is 1. The number of hydrogen-bond acceptors (Lipinski definition) is 4. The van der Waals surface area contributed by atoms with Crippen molar-refractivity contribution in [2.24, 2.45) is 9.98 Å². The van der Waals surface area contributed by atoms with Crippen LogP contribution in [0.3, 0.4) is 0 Å². The predicted octanol–water partition coefficient (Wildman–Crippen LogP) is 3.55. The Morgan fingerprint density at radius 2 is 1.91 bits per heavy atom. The summed E-state index contributed by atoms with van der Waals surface area (Å²) in [4.78, 5) is 29.6. The summed E-state index contributed by atoms with van der Waals surface area (Å²) in [5.74, 6) is 1.20. The van der Waals surface area contributed by atoms with Crippen LogP contribution in [0.5, 0.6) is 0 Å². The number of Topliss-reactive ketones (excluding diaryl/α,β-unsaturated/α-hetero) is 1. The normalized spacial score (nSPS) is 15.9. The van der Waals surface area contributed by atoms with Gasteiger partial charge in [0.25, 0.3) is 5.66 Å². The molecular formula is C17H26N4O. The van der Waals surface area contributed by atoms with E-state index in [9.17, 15) is 4.79 Å². The van der Waals surface area contributed by atoms with Gasteiger partial charge in [-0.25, -0.2) is 15.0 Å². The van der Waals surface area contributed by atoms with Gasteiger partial charge in [0.05, 0.1) is 0 Å². The maximum atomic E-state index is 12.7. The number of carbonyl (C=O) groups excluding carboxylic acids is 1. The van der Waals surface area contributed by atoms with E-state index in [0.29, 0.717) is 12.1 Å². The molecule has 0 unspecified atom stereocenters. The third-order valence-electron chi connectivity index (χ3n) is 3.91. The van der Waals surface area contributed by atoms with Crippen LogP contribution in [0.4, 0.5) is 0 Å². The number of rotatable bonds is 8. The zero-order chi connectivity index (χ0) is 16.2. The highest BCUT2D eigenvalue weighted by Gasteiger charge is 2.44. The molecule has 0 saturated heterocycles. The number of unbranched alkanes of at least 4 members (excludes halogenated alkanes) is 1. The van der Waals surface area contributed by atoms with Crippen LogP contribution < -0.4 is 0 Å². The van der Waals surface area contributed by atoms with Gasteiger partial charge in [-0.15, -0.1) is 0 Å². The Hall–Kier alpha value is -1.78. The quantitative estimate of drug-likeness (QED) is 0.797. The predicted molar refractivity (Wildman–Crippen MR) is 89.9 cm³/mol. The minimum atomic E-state index is -1.16. The number of nitrogens with one attached hydrogen (secondary N) is 1. The van der Waals surface area contributed by atoms with Crippen LogP contribution in [0, 0.1) is 0 Å². The number of aliphatic imine (C=N–C) groups is 2. The highest BCUT2D eigenvalue weighted by atomic mass is 16.1. The monoisotopic (exact) mass is 302 g/mol. The lowest BCUT2D eigenvalue weighted by Crippen LogP contribution is -2.32. The molecular weight excluding hydrogens is 276 g/mol. The van der Waals surface area contributed by atoms with Crippen LogP contribution in [0.2, 0.25) is 0 Å². The van der Waals surface area contributed by atoms with Crippen molar-refractivity contribution in [2.45, 2.75) is 71.4 Å². The topological polar surface area (TPSA) is 70.5 Å². The van der Waals surface area contributed by atoms with E-state index in [2.05, 4.69) is 35.7 Å². The highest BCUT2D eigenvalue weighted by Crippen LogP contribution is 2.35. The van der Waals surface area contributed by atoms with E-state index in [1.807, 2.05) is 6.92 Å². The van der Waals surface area contributed by atoms with Crippen LogP contribution in [-0.2, 0) is 16.9 Å². The fraction of sp³-hybridized carbons (Fsp3) is 0.647. The lowest BCUT2D eigenvalue weighted by atomic mass is 9.94. The van der Waals surface area contributed by atoms with Gasteiger partial charge in [-0.2, -0.15) is 0 Å². The minimum absolute atomic E-state index is 0.0236. The van der Waals surface area contributed by atoms with Crippen LogP contribution in [0.25, 0.3) is 0 Å². The van der Waals surface area contributed by atoms with Gasteiger partial charge in [0.1, 0.15) is 11.5 Å². The van der Waals surface area contributed by atoms with Gasteiger partial charge >= 0.3 is 0 Å². The van der Waals surface area contributed by atoms with Gasteiger partial charge in [-0.1, -0.05) is 34.1 Å². The fourth-order valence-electron chi connectivity index (χ4n) is 2.70. The summed E-state index contributed by atoms with van der Waals surface area (Å²) in [6.45, 7) is 8.35. The van der Waals surface area contributed by atoms with E-state index in [1.54, 1.807) is 12.4 Å². The third-order valence-corrected chi connectivity index (χ3v) is 3.91. The molecule has 0 saturated carbocycles. The molecule has 0 fully saturated rings. The fourth-order valence-corrected chi connectivity index (χ4v) is 2.70. The second kappa shape index (κ2) is 6.99. The van der Waals surface area contributed by atoms with Crippen molar-refractivity contribution in [2.75, 3.05) is 0 Å². The number of aromatic amines is 1. The second-order valence-corrected chi connectivity index (χ2v) is 6.11. The van der Waals surface area contributed by atoms with Crippen LogP contribution in [-0.4, -0.2) is 28.2 Å². The van der Waals surface area contributed by atoms with Crippen molar-refractivity contribution < 1.29 is 4.79 Å². The van der Waals surface area contributed by atoms with E-state index in [-0.39, 0.29) is 11.7 Å². The summed E-state index contributed by atoms with van der Waals surface area (Å²) in [7, 11) is 0. The van der Waals surface area contributed by atoms with Crippen molar-refractivity contribution in [3.63, 3.8) is 0 Å². The molecule has 120 valence electrons. The Morgan fingerprint density at radius 3 is 2.45 bits per heavy atom. The van der Waals surface area contributed by atoms with Gasteiger partial charge in [-0.05, 0) is 18.8 Å². The number of ketones is 1. The average molecular weight is 302 g/mol. The first-order valence-corrected chi connectivity index (χ1v) is 8.26. The van der Waals surface area contributed by atoms with E-state index in [1.165, 1.54) is 0 Å². The molecule has 0 radical (unpaired) electrons. The maximum absolute atomic E-state index is 12.7. The van der Waals surface area contributed by atoms with Crippen molar-refractivity contribution in [3.05, 3.63) is 17.2 Å². The zero-order valence-electron chi connectivity index (χ0n) is 14.0. The lowest BCUT2D eigenvalue weighted by Gasteiger charge is -2.21. The lowest BCUT2D eigenvalue weighted by molar-refractivity contribution is -0.124. The Bertz CT molecular complexity index is 571. The number of nitrogens with zero attached hydrogens (tertiary/aromatic N) is 3. The molecule has 0 atom stereocenters. The van der Waals surface area contributed by atoms with Gasteiger partial charge in [-0.3, -0.25) is 4.79 Å². The summed E-state index contributed by atoms with van der Waals surface area (Å²) in [5, 5.41) is 0. The average Bonchev–Trinajstić information content (AvgIpc) is 3.12. The SMILES string of the molecule is CCCCc1nc(C2(C(=O)CCC)N=CC=N2)c(C(C)C)[nH]1. The van der Waals surface area contributed by atoms with Gasteiger partial charge < -0.3 is 4.98 Å². The number of aryl methyl sites for hydroxylation is 1. The third kappa shape index (κ3) is 3.03. The number of hydrogen-bond donors (Lipinski definition) is 1. The minimum Gasteiger partial charge on any atom is -0.345 e. The first-order valence-electron chi connectivity index (χ1n) is 8.26. The highest BCUT2D eigenvalue weighted by molar-refractivity contribution is 6.19. The second-order valence-electron chi connectivity index (χ2n) is 6.11. The first kappa shape index (κ1) is 16.6. The molecule has 1 aromatic heterocycles. The van der Waals surface area contributed by atoms with E-state index in [4.69, 9.17) is 4.98 Å². The zero-order valence-corrected chi connectivity index (χ0v) is 14.0. The van der Waals surface area contributed by atoms with Gasteiger partial charge in [0.2, 0.25) is 0 Å². The summed E-state index contributed by atoms with van der Waals surface area (Å²) in [6, 6.07) is 0. The number of aromatic nitrogens is 2. The molecule has 5 heteroatoms. The summed E-state index contributed by atoms with van der Waals surface area (Å²) >= 11 is 0. The van der Waals surface area contributed by atoms with E-state index in [0.717, 1.165) is 37.2 Å². The molecule has 0 aliphatic carbocycles. The van der Waals surface area contributed by atoms with Gasteiger partial charge in [0.15, 0.2) is 5.78 Å². The largest absolute Gasteiger partial charge is 0.345 e. The summed E-state index contributed by atoms with van der Waals surface area (Å²) < 4.78 is 0. The molecule has 5 nitrogen and oxygen atoms in total. The van der Waals surface area contributed by atoms with Crippen molar-refractivity contribution in [1.29, 1.82) is 0 Å². The Balaban J connectivity index is 2.47. The van der Waals surface area contributed by atoms with Gasteiger partial charge in [0, 0.05) is 31.0 Å². The Morgan fingerprint density at radius 1 is 1.23 bits per heavy atom. The molecule has 2 rings (SSSR count). The van der Waals surface area contributed by atoms with E-state index < -0.39 is 5.66 Å². The molecule has 0 spiro atoms. The van der Waals surface area contributed by atoms with Crippen molar-refractivity contribution >= 4 is 18.2 Å². The molecule has 22 heavy (non-hydrogen) atoms.